The molecule has 0 radical (unpaired) electrons. The molecule has 0 saturated carbocycles. The SMILES string of the molecule is CC(C)[C@H](NS(=O)(=O)[C@H](C)C(=O)N(C)C)c1ccccc1Cl. The number of carbonyl (C=O) groups excluding carboxylic acids is 1. The Bertz CT molecular complexity index is 629. The molecule has 0 aromatic heterocycles. The van der Waals surface area contributed by atoms with Crippen molar-refractivity contribution in [2.75, 3.05) is 14.1 Å². The molecule has 0 unspecified atom stereocenters. The Labute approximate surface area is 137 Å². The van der Waals surface area contributed by atoms with Crippen LogP contribution in [0.2, 0.25) is 5.02 Å². The molecule has 0 aliphatic rings. The molecule has 0 aliphatic carbocycles. The molecule has 5 nitrogen and oxygen atoms in total. The van der Waals surface area contributed by atoms with Gasteiger partial charge in [0.2, 0.25) is 15.9 Å². The lowest BCUT2D eigenvalue weighted by Gasteiger charge is -2.26. The van der Waals surface area contributed by atoms with Gasteiger partial charge in [0.25, 0.3) is 0 Å². The van der Waals surface area contributed by atoms with Crippen molar-refractivity contribution in [3.05, 3.63) is 34.9 Å². The lowest BCUT2D eigenvalue weighted by atomic mass is 9.97. The number of hydrogen-bond acceptors (Lipinski definition) is 3. The largest absolute Gasteiger partial charge is 0.348 e. The predicted molar refractivity (Wildman–Crippen MR) is 89.2 cm³/mol. The first kappa shape index (κ1) is 18.9. The van der Waals surface area contributed by atoms with Gasteiger partial charge in [-0.1, -0.05) is 43.6 Å². The molecular weight excluding hydrogens is 324 g/mol. The first-order chi connectivity index (χ1) is 10.1. The molecule has 0 aliphatic heterocycles. The molecular formula is C15H23ClN2O3S. The van der Waals surface area contributed by atoms with E-state index in [2.05, 4.69) is 4.72 Å². The van der Waals surface area contributed by atoms with Gasteiger partial charge in [0.1, 0.15) is 0 Å². The number of carbonyl (C=O) groups is 1. The summed E-state index contributed by atoms with van der Waals surface area (Å²) >= 11 is 6.17. The highest BCUT2D eigenvalue weighted by Gasteiger charge is 2.33. The maximum Gasteiger partial charge on any atom is 0.241 e. The van der Waals surface area contributed by atoms with E-state index >= 15 is 0 Å². The monoisotopic (exact) mass is 346 g/mol. The van der Waals surface area contributed by atoms with Crippen molar-refractivity contribution in [2.24, 2.45) is 5.92 Å². The van der Waals surface area contributed by atoms with Gasteiger partial charge in [-0.05, 0) is 24.5 Å². The Morgan fingerprint density at radius 1 is 1.18 bits per heavy atom. The zero-order chi connectivity index (χ0) is 17.1. The minimum Gasteiger partial charge on any atom is -0.348 e. The molecule has 7 heteroatoms. The minimum atomic E-state index is -3.81. The molecule has 1 aromatic carbocycles. The van der Waals surface area contributed by atoms with Crippen LogP contribution in [0.3, 0.4) is 0 Å². The smallest absolute Gasteiger partial charge is 0.241 e. The summed E-state index contributed by atoms with van der Waals surface area (Å²) in [6.45, 7) is 5.18. The summed E-state index contributed by atoms with van der Waals surface area (Å²) in [5.74, 6) is -0.481. The standard InChI is InChI=1S/C15H23ClN2O3S/c1-10(2)14(12-8-6-7-9-13(12)16)17-22(20,21)11(3)15(19)18(4)5/h6-11,14,17H,1-5H3/t11-,14+/m1/s1. The van der Waals surface area contributed by atoms with Gasteiger partial charge >= 0.3 is 0 Å². The Balaban J connectivity index is 3.11. The van der Waals surface area contributed by atoms with E-state index in [9.17, 15) is 13.2 Å². The van der Waals surface area contributed by atoms with E-state index in [-0.39, 0.29) is 5.92 Å². The molecule has 2 atom stereocenters. The third-order valence-electron chi connectivity index (χ3n) is 3.45. The van der Waals surface area contributed by atoms with Crippen molar-refractivity contribution >= 4 is 27.5 Å². The van der Waals surface area contributed by atoms with Crippen molar-refractivity contribution in [3.63, 3.8) is 0 Å². The summed E-state index contributed by atoms with van der Waals surface area (Å²) in [6.07, 6.45) is 0. The van der Waals surface area contributed by atoms with Crippen LogP contribution >= 0.6 is 11.6 Å². The molecule has 1 amide bonds. The van der Waals surface area contributed by atoms with E-state index in [4.69, 9.17) is 11.6 Å². The topological polar surface area (TPSA) is 66.5 Å². The summed E-state index contributed by atoms with van der Waals surface area (Å²) in [5.41, 5.74) is 0.701. The molecule has 124 valence electrons. The molecule has 0 spiro atoms. The number of nitrogens with zero attached hydrogens (tertiary/aromatic N) is 1. The average molecular weight is 347 g/mol. The van der Waals surface area contributed by atoms with Crippen LogP contribution in [-0.2, 0) is 14.8 Å². The zero-order valence-electron chi connectivity index (χ0n) is 13.5. The normalized spacial score (nSPS) is 14.7. The Morgan fingerprint density at radius 3 is 2.18 bits per heavy atom. The van der Waals surface area contributed by atoms with Crippen LogP contribution in [0.5, 0.6) is 0 Å². The van der Waals surface area contributed by atoms with Gasteiger partial charge < -0.3 is 4.90 Å². The summed E-state index contributed by atoms with van der Waals surface area (Å²) in [6, 6.07) is 6.61. The van der Waals surface area contributed by atoms with Crippen LogP contribution in [0.25, 0.3) is 0 Å². The number of sulfonamides is 1. The second kappa shape index (κ2) is 7.44. The van der Waals surface area contributed by atoms with Crippen molar-refractivity contribution in [2.45, 2.75) is 32.1 Å². The van der Waals surface area contributed by atoms with E-state index in [0.717, 1.165) is 0 Å². The molecule has 1 rings (SSSR count). The lowest BCUT2D eigenvalue weighted by molar-refractivity contribution is -0.127. The van der Waals surface area contributed by atoms with Crippen molar-refractivity contribution < 1.29 is 13.2 Å². The van der Waals surface area contributed by atoms with Crippen LogP contribution in [0.15, 0.2) is 24.3 Å². The summed E-state index contributed by atoms with van der Waals surface area (Å²) in [4.78, 5) is 13.2. The highest BCUT2D eigenvalue weighted by molar-refractivity contribution is 7.90. The van der Waals surface area contributed by atoms with Gasteiger partial charge in [0.15, 0.2) is 5.25 Å². The van der Waals surface area contributed by atoms with E-state index in [0.29, 0.717) is 10.6 Å². The minimum absolute atomic E-state index is 0.0173. The second-order valence-corrected chi connectivity index (χ2v) is 8.22. The Morgan fingerprint density at radius 2 is 1.73 bits per heavy atom. The van der Waals surface area contributed by atoms with Crippen LogP contribution in [0.1, 0.15) is 32.4 Å². The van der Waals surface area contributed by atoms with Crippen LogP contribution < -0.4 is 4.72 Å². The molecule has 1 aromatic rings. The molecule has 0 bridgehead atoms. The predicted octanol–water partition coefficient (Wildman–Crippen LogP) is 2.43. The molecule has 0 saturated heterocycles. The first-order valence-corrected chi connectivity index (χ1v) is 8.97. The Hall–Kier alpha value is -1.11. The van der Waals surface area contributed by atoms with Crippen molar-refractivity contribution in [1.29, 1.82) is 0 Å². The lowest BCUT2D eigenvalue weighted by Crippen LogP contribution is -2.45. The number of hydrogen-bond donors (Lipinski definition) is 1. The van der Waals surface area contributed by atoms with Crippen LogP contribution in [0.4, 0.5) is 0 Å². The number of benzene rings is 1. The number of halogens is 1. The van der Waals surface area contributed by atoms with Gasteiger partial charge in [-0.25, -0.2) is 13.1 Å². The van der Waals surface area contributed by atoms with Gasteiger partial charge in [0, 0.05) is 19.1 Å². The number of rotatable bonds is 6. The van der Waals surface area contributed by atoms with E-state index in [1.807, 2.05) is 13.8 Å². The quantitative estimate of drug-likeness (QED) is 0.860. The molecule has 0 fully saturated rings. The highest BCUT2D eigenvalue weighted by Crippen LogP contribution is 2.29. The highest BCUT2D eigenvalue weighted by atomic mass is 35.5. The van der Waals surface area contributed by atoms with Crippen molar-refractivity contribution in [1.82, 2.24) is 9.62 Å². The van der Waals surface area contributed by atoms with Gasteiger partial charge in [-0.3, -0.25) is 4.79 Å². The second-order valence-electron chi connectivity index (χ2n) is 5.78. The van der Waals surface area contributed by atoms with Gasteiger partial charge in [-0.15, -0.1) is 0 Å². The van der Waals surface area contributed by atoms with Crippen LogP contribution in [-0.4, -0.2) is 38.6 Å². The molecule has 22 heavy (non-hydrogen) atoms. The summed E-state index contributed by atoms with van der Waals surface area (Å²) in [5, 5.41) is -0.665. The Kier molecular flexibility index (Phi) is 6.40. The summed E-state index contributed by atoms with van der Waals surface area (Å²) < 4.78 is 27.6. The van der Waals surface area contributed by atoms with Crippen molar-refractivity contribution in [3.8, 4) is 0 Å². The van der Waals surface area contributed by atoms with E-state index in [1.54, 1.807) is 24.3 Å². The fourth-order valence-electron chi connectivity index (χ4n) is 2.06. The average Bonchev–Trinajstić information content (AvgIpc) is 2.43. The fraction of sp³-hybridized carbons (Fsp3) is 0.533. The fourth-order valence-corrected chi connectivity index (χ4v) is 3.75. The third kappa shape index (κ3) is 4.44. The first-order valence-electron chi connectivity index (χ1n) is 7.04. The molecule has 0 heterocycles. The zero-order valence-corrected chi connectivity index (χ0v) is 15.1. The molecule has 1 N–H and O–H groups in total. The van der Waals surface area contributed by atoms with Gasteiger partial charge in [-0.2, -0.15) is 0 Å². The number of nitrogens with one attached hydrogen (secondary N) is 1. The maximum absolute atomic E-state index is 12.5. The van der Waals surface area contributed by atoms with Gasteiger partial charge in [0.05, 0.1) is 6.04 Å². The van der Waals surface area contributed by atoms with E-state index in [1.165, 1.54) is 25.9 Å². The third-order valence-corrected chi connectivity index (χ3v) is 5.51. The number of amides is 1. The maximum atomic E-state index is 12.5. The van der Waals surface area contributed by atoms with E-state index < -0.39 is 27.2 Å². The summed E-state index contributed by atoms with van der Waals surface area (Å²) in [7, 11) is -0.753. The van der Waals surface area contributed by atoms with Crippen LogP contribution in [0, 0.1) is 5.92 Å².